The van der Waals surface area contributed by atoms with E-state index >= 15 is 0 Å². The molecule has 0 bridgehead atoms. The van der Waals surface area contributed by atoms with E-state index in [9.17, 15) is 4.79 Å². The summed E-state index contributed by atoms with van der Waals surface area (Å²) >= 11 is 0. The first-order chi connectivity index (χ1) is 13.2. The molecule has 7 nitrogen and oxygen atoms in total. The van der Waals surface area contributed by atoms with Gasteiger partial charge in [-0.15, -0.1) is 0 Å². The van der Waals surface area contributed by atoms with Crippen LogP contribution in [0.3, 0.4) is 0 Å². The van der Waals surface area contributed by atoms with Gasteiger partial charge in [0.15, 0.2) is 0 Å². The predicted molar refractivity (Wildman–Crippen MR) is 105 cm³/mol. The van der Waals surface area contributed by atoms with Crippen molar-refractivity contribution in [3.8, 4) is 0 Å². The van der Waals surface area contributed by atoms with E-state index in [0.717, 1.165) is 37.9 Å². The fraction of sp³-hybridized carbons (Fsp3) is 0.500. The Morgan fingerprint density at radius 2 is 1.78 bits per heavy atom. The lowest BCUT2D eigenvalue weighted by Crippen LogP contribution is -2.49. The molecule has 0 spiro atoms. The van der Waals surface area contributed by atoms with Crippen LogP contribution >= 0.6 is 0 Å². The van der Waals surface area contributed by atoms with Crippen LogP contribution in [-0.4, -0.2) is 65.0 Å². The highest BCUT2D eigenvalue weighted by atomic mass is 16.2. The first-order valence-electron chi connectivity index (χ1n) is 9.73. The lowest BCUT2D eigenvalue weighted by Gasteiger charge is -2.35. The number of hydrogen-bond acceptors (Lipinski definition) is 6. The third-order valence-electron chi connectivity index (χ3n) is 5.38. The topological polar surface area (TPSA) is 65.5 Å². The zero-order chi connectivity index (χ0) is 18.6. The number of aromatic nitrogens is 3. The van der Waals surface area contributed by atoms with E-state index < -0.39 is 0 Å². The molecule has 0 aliphatic carbocycles. The largest absolute Gasteiger partial charge is 0.356 e. The minimum Gasteiger partial charge on any atom is -0.356 e. The van der Waals surface area contributed by atoms with Crippen LogP contribution in [-0.2, 0) is 0 Å². The number of hydrogen-bond donors (Lipinski definition) is 0. The summed E-state index contributed by atoms with van der Waals surface area (Å²) in [6.07, 6.45) is 7.71. The Hall–Kier alpha value is -2.70. The van der Waals surface area contributed by atoms with Crippen molar-refractivity contribution in [1.29, 1.82) is 0 Å². The summed E-state index contributed by atoms with van der Waals surface area (Å²) < 4.78 is 0. The predicted octanol–water partition coefficient (Wildman–Crippen LogP) is 2.07. The van der Waals surface area contributed by atoms with Gasteiger partial charge in [0, 0.05) is 57.9 Å². The molecule has 0 N–H and O–H groups in total. The average molecular weight is 366 g/mol. The zero-order valence-electron chi connectivity index (χ0n) is 15.8. The number of amides is 1. The van der Waals surface area contributed by atoms with E-state index in [0.29, 0.717) is 24.6 Å². The van der Waals surface area contributed by atoms with E-state index in [1.54, 1.807) is 18.6 Å². The highest BCUT2D eigenvalue weighted by Crippen LogP contribution is 2.21. The fourth-order valence-electron chi connectivity index (χ4n) is 3.84. The summed E-state index contributed by atoms with van der Waals surface area (Å²) in [5.41, 5.74) is 0.660. The number of anilines is 2. The van der Waals surface area contributed by atoms with Crippen molar-refractivity contribution >= 4 is 17.7 Å². The molecule has 0 aromatic carbocycles. The number of piperazine rings is 1. The van der Waals surface area contributed by atoms with Gasteiger partial charge < -0.3 is 14.7 Å². The second-order valence-corrected chi connectivity index (χ2v) is 7.43. The molecule has 1 amide bonds. The number of rotatable bonds is 3. The highest BCUT2D eigenvalue weighted by molar-refractivity contribution is 5.94. The second kappa shape index (κ2) is 7.90. The molecule has 0 saturated carbocycles. The van der Waals surface area contributed by atoms with Gasteiger partial charge in [-0.1, -0.05) is 6.92 Å². The quantitative estimate of drug-likeness (QED) is 0.829. The van der Waals surface area contributed by atoms with Crippen molar-refractivity contribution in [1.82, 2.24) is 19.9 Å². The van der Waals surface area contributed by atoms with Crippen LogP contribution in [0.15, 0.2) is 36.8 Å². The van der Waals surface area contributed by atoms with Gasteiger partial charge in [0.1, 0.15) is 5.82 Å². The zero-order valence-corrected chi connectivity index (χ0v) is 15.8. The number of carbonyl (C=O) groups is 1. The Morgan fingerprint density at radius 3 is 2.44 bits per heavy atom. The molecule has 7 heteroatoms. The Morgan fingerprint density at radius 1 is 1.00 bits per heavy atom. The van der Waals surface area contributed by atoms with Gasteiger partial charge >= 0.3 is 0 Å². The lowest BCUT2D eigenvalue weighted by atomic mass is 10.0. The minimum atomic E-state index is 0.0506. The molecule has 1 atom stereocenters. The van der Waals surface area contributed by atoms with E-state index in [-0.39, 0.29) is 5.91 Å². The maximum Gasteiger partial charge on any atom is 0.255 e. The molecule has 4 rings (SSSR count). The van der Waals surface area contributed by atoms with Gasteiger partial charge in [-0.2, -0.15) is 0 Å². The van der Waals surface area contributed by atoms with Crippen molar-refractivity contribution in [2.45, 2.75) is 19.8 Å². The maximum atomic E-state index is 12.8. The third-order valence-corrected chi connectivity index (χ3v) is 5.38. The third kappa shape index (κ3) is 4.02. The van der Waals surface area contributed by atoms with Crippen LogP contribution in [0, 0.1) is 5.92 Å². The minimum absolute atomic E-state index is 0.0506. The van der Waals surface area contributed by atoms with Crippen LogP contribution in [0.4, 0.5) is 11.8 Å². The monoisotopic (exact) mass is 366 g/mol. The number of piperidine rings is 1. The lowest BCUT2D eigenvalue weighted by molar-refractivity contribution is 0.0746. The average Bonchev–Trinajstić information content (AvgIpc) is 2.74. The summed E-state index contributed by atoms with van der Waals surface area (Å²) in [6.45, 7) is 7.20. The van der Waals surface area contributed by atoms with Crippen molar-refractivity contribution in [2.24, 2.45) is 5.92 Å². The van der Waals surface area contributed by atoms with Gasteiger partial charge in [0.2, 0.25) is 5.95 Å². The van der Waals surface area contributed by atoms with E-state index in [1.165, 1.54) is 12.8 Å². The van der Waals surface area contributed by atoms with Gasteiger partial charge in [0.05, 0.1) is 5.56 Å². The van der Waals surface area contributed by atoms with E-state index in [2.05, 4.69) is 31.7 Å². The van der Waals surface area contributed by atoms with Gasteiger partial charge in [-0.3, -0.25) is 4.79 Å². The summed E-state index contributed by atoms with van der Waals surface area (Å²) in [5, 5.41) is 0. The number of pyridine rings is 1. The Labute approximate surface area is 160 Å². The van der Waals surface area contributed by atoms with Crippen LogP contribution in [0.2, 0.25) is 0 Å². The highest BCUT2D eigenvalue weighted by Gasteiger charge is 2.24. The SMILES string of the molecule is CC1CCCN(c2ccc(C(=O)N3CCN(c4ncccn4)CC3)cn2)C1. The van der Waals surface area contributed by atoms with Crippen molar-refractivity contribution in [2.75, 3.05) is 49.1 Å². The molecule has 27 heavy (non-hydrogen) atoms. The Bertz CT molecular complexity index is 758. The smallest absolute Gasteiger partial charge is 0.255 e. The van der Waals surface area contributed by atoms with Crippen molar-refractivity contribution in [3.05, 3.63) is 42.4 Å². The number of nitrogens with zero attached hydrogens (tertiary/aromatic N) is 6. The van der Waals surface area contributed by atoms with Crippen LogP contribution < -0.4 is 9.80 Å². The van der Waals surface area contributed by atoms with Crippen molar-refractivity contribution < 1.29 is 4.79 Å². The van der Waals surface area contributed by atoms with Gasteiger partial charge in [0.25, 0.3) is 5.91 Å². The molecule has 2 aromatic heterocycles. The van der Waals surface area contributed by atoms with E-state index in [1.807, 2.05) is 23.1 Å². The van der Waals surface area contributed by atoms with Crippen LogP contribution in [0.1, 0.15) is 30.1 Å². The molecule has 2 aliphatic heterocycles. The molecule has 4 heterocycles. The van der Waals surface area contributed by atoms with E-state index in [4.69, 9.17) is 0 Å². The Kier molecular flexibility index (Phi) is 5.18. The molecule has 0 radical (unpaired) electrons. The van der Waals surface area contributed by atoms with Crippen molar-refractivity contribution in [3.63, 3.8) is 0 Å². The first-order valence-corrected chi connectivity index (χ1v) is 9.73. The van der Waals surface area contributed by atoms with Crippen LogP contribution in [0.5, 0.6) is 0 Å². The first kappa shape index (κ1) is 17.7. The molecule has 2 saturated heterocycles. The molecule has 2 aromatic rings. The molecular formula is C20H26N6O. The summed E-state index contributed by atoms with van der Waals surface area (Å²) in [6, 6.07) is 5.71. The van der Waals surface area contributed by atoms with Gasteiger partial charge in [-0.25, -0.2) is 15.0 Å². The number of carbonyl (C=O) groups excluding carboxylic acids is 1. The molecule has 1 unspecified atom stereocenters. The molecule has 2 fully saturated rings. The molecular weight excluding hydrogens is 340 g/mol. The fourth-order valence-corrected chi connectivity index (χ4v) is 3.84. The van der Waals surface area contributed by atoms with Gasteiger partial charge in [-0.05, 0) is 37.0 Å². The summed E-state index contributed by atoms with van der Waals surface area (Å²) in [7, 11) is 0. The van der Waals surface area contributed by atoms with Crippen LogP contribution in [0.25, 0.3) is 0 Å². The second-order valence-electron chi connectivity index (χ2n) is 7.43. The maximum absolute atomic E-state index is 12.8. The molecule has 2 aliphatic rings. The normalized spacial score (nSPS) is 20.6. The summed E-state index contributed by atoms with van der Waals surface area (Å²) in [4.78, 5) is 32.3. The Balaban J connectivity index is 1.36. The molecule has 142 valence electrons. The summed E-state index contributed by atoms with van der Waals surface area (Å²) in [5.74, 6) is 2.46. The standard InChI is InChI=1S/C20H26N6O/c1-16-4-2-9-26(15-16)18-6-5-17(14-23-18)19(27)24-10-12-25(13-11-24)20-21-7-3-8-22-20/h3,5-8,14,16H,2,4,9-13,15H2,1H3.